The predicted octanol–water partition coefficient (Wildman–Crippen LogP) is 2.11. The van der Waals surface area contributed by atoms with E-state index in [1.54, 1.807) is 7.11 Å². The van der Waals surface area contributed by atoms with Crippen molar-refractivity contribution in [1.82, 2.24) is 15.1 Å². The van der Waals surface area contributed by atoms with Gasteiger partial charge in [0.15, 0.2) is 5.96 Å². The topological polar surface area (TPSA) is 49.3 Å². The molecule has 3 rings (SSSR count). The van der Waals surface area contributed by atoms with Gasteiger partial charge in [0.05, 0.1) is 19.8 Å². The molecule has 1 aromatic rings. The van der Waals surface area contributed by atoms with Gasteiger partial charge in [-0.3, -0.25) is 4.99 Å². The minimum absolute atomic E-state index is 0.588. The highest BCUT2D eigenvalue weighted by atomic mass is 16.5. The van der Waals surface area contributed by atoms with E-state index in [4.69, 9.17) is 9.47 Å². The molecule has 0 aromatic heterocycles. The van der Waals surface area contributed by atoms with Crippen LogP contribution in [0.5, 0.6) is 0 Å². The van der Waals surface area contributed by atoms with Crippen LogP contribution in [0.15, 0.2) is 35.3 Å². The van der Waals surface area contributed by atoms with Crippen LogP contribution in [0.4, 0.5) is 0 Å². The van der Waals surface area contributed by atoms with Gasteiger partial charge in [-0.25, -0.2) is 0 Å². The first-order valence-corrected chi connectivity index (χ1v) is 11.1. The van der Waals surface area contributed by atoms with E-state index >= 15 is 0 Å². The number of rotatable bonds is 10. The van der Waals surface area contributed by atoms with Crippen LogP contribution in [0, 0.1) is 11.8 Å². The predicted molar refractivity (Wildman–Crippen MR) is 118 cm³/mol. The van der Waals surface area contributed by atoms with E-state index in [2.05, 4.69) is 50.4 Å². The maximum Gasteiger partial charge on any atom is 0.193 e. The second-order valence-electron chi connectivity index (χ2n) is 8.29. The average molecular weight is 403 g/mol. The van der Waals surface area contributed by atoms with Crippen LogP contribution in [0.3, 0.4) is 0 Å². The molecule has 6 nitrogen and oxygen atoms in total. The molecule has 1 aromatic carbocycles. The number of hydrogen-bond acceptors (Lipinski definition) is 4. The summed E-state index contributed by atoms with van der Waals surface area (Å²) in [4.78, 5) is 9.51. The minimum Gasteiger partial charge on any atom is -0.382 e. The number of hydrogen-bond donors (Lipinski definition) is 1. The zero-order valence-electron chi connectivity index (χ0n) is 18.2. The first-order valence-electron chi connectivity index (χ1n) is 11.1. The van der Waals surface area contributed by atoms with E-state index in [9.17, 15) is 0 Å². The van der Waals surface area contributed by atoms with Gasteiger partial charge >= 0.3 is 0 Å². The summed E-state index contributed by atoms with van der Waals surface area (Å²) in [6.45, 7) is 8.83. The van der Waals surface area contributed by atoms with Gasteiger partial charge in [-0.1, -0.05) is 30.3 Å². The van der Waals surface area contributed by atoms with Gasteiger partial charge in [-0.15, -0.1) is 0 Å². The lowest BCUT2D eigenvalue weighted by Gasteiger charge is -2.23. The summed E-state index contributed by atoms with van der Waals surface area (Å²) in [7, 11) is 3.61. The average Bonchev–Trinajstić information content (AvgIpc) is 3.41. The fourth-order valence-corrected chi connectivity index (χ4v) is 4.34. The first-order chi connectivity index (χ1) is 14.3. The molecular weight excluding hydrogens is 364 g/mol. The summed E-state index contributed by atoms with van der Waals surface area (Å²) in [5.74, 6) is 2.34. The first kappa shape index (κ1) is 22.1. The minimum atomic E-state index is 0.588. The van der Waals surface area contributed by atoms with E-state index in [1.807, 2.05) is 7.05 Å². The highest BCUT2D eigenvalue weighted by Gasteiger charge is 2.27. The Bertz CT molecular complexity index is 610. The third kappa shape index (κ3) is 7.28. The quantitative estimate of drug-likeness (QED) is 0.369. The molecule has 2 unspecified atom stereocenters. The molecule has 0 amide bonds. The van der Waals surface area contributed by atoms with E-state index < -0.39 is 0 Å². The highest BCUT2D eigenvalue weighted by molar-refractivity contribution is 5.80. The number of nitrogens with zero attached hydrogens (tertiary/aromatic N) is 3. The summed E-state index contributed by atoms with van der Waals surface area (Å²) >= 11 is 0. The van der Waals surface area contributed by atoms with E-state index in [0.29, 0.717) is 25.0 Å². The zero-order chi connectivity index (χ0) is 20.3. The fourth-order valence-electron chi connectivity index (χ4n) is 4.34. The number of ether oxygens (including phenoxy) is 2. The van der Waals surface area contributed by atoms with Crippen molar-refractivity contribution in [3.8, 4) is 0 Å². The van der Waals surface area contributed by atoms with Gasteiger partial charge in [0.25, 0.3) is 0 Å². The van der Waals surface area contributed by atoms with E-state index in [-0.39, 0.29) is 0 Å². The molecule has 2 aliphatic heterocycles. The Labute approximate surface area is 176 Å². The lowest BCUT2D eigenvalue weighted by atomic mass is 10.1. The van der Waals surface area contributed by atoms with Gasteiger partial charge in [0, 0.05) is 52.8 Å². The molecule has 0 spiro atoms. The molecule has 2 atom stereocenters. The number of likely N-dealkylation sites (tertiary alicyclic amines) is 2. The van der Waals surface area contributed by atoms with Crippen molar-refractivity contribution < 1.29 is 9.47 Å². The lowest BCUT2D eigenvalue weighted by Crippen LogP contribution is -2.42. The van der Waals surface area contributed by atoms with Crippen molar-refractivity contribution in [2.75, 3.05) is 73.2 Å². The van der Waals surface area contributed by atoms with Crippen molar-refractivity contribution >= 4 is 5.96 Å². The Kier molecular flexibility index (Phi) is 9.25. The lowest BCUT2D eigenvalue weighted by molar-refractivity contribution is 0.0536. The van der Waals surface area contributed by atoms with Crippen molar-refractivity contribution in [2.24, 2.45) is 16.8 Å². The molecule has 29 heavy (non-hydrogen) atoms. The Morgan fingerprint density at radius 3 is 2.72 bits per heavy atom. The van der Waals surface area contributed by atoms with Gasteiger partial charge in [-0.05, 0) is 37.3 Å². The van der Waals surface area contributed by atoms with Crippen LogP contribution >= 0.6 is 0 Å². The normalized spacial score (nSPS) is 23.1. The van der Waals surface area contributed by atoms with Crippen molar-refractivity contribution in [1.29, 1.82) is 0 Å². The molecule has 0 aliphatic carbocycles. The fraction of sp³-hybridized carbons (Fsp3) is 0.696. The van der Waals surface area contributed by atoms with Gasteiger partial charge in [0.1, 0.15) is 0 Å². The van der Waals surface area contributed by atoms with Gasteiger partial charge < -0.3 is 24.6 Å². The van der Waals surface area contributed by atoms with Crippen molar-refractivity contribution in [3.63, 3.8) is 0 Å². The summed E-state index contributed by atoms with van der Waals surface area (Å²) in [5, 5.41) is 3.63. The molecular formula is C23H38N4O2. The highest BCUT2D eigenvalue weighted by Crippen LogP contribution is 2.18. The molecule has 0 radical (unpaired) electrons. The Balaban J connectivity index is 1.33. The van der Waals surface area contributed by atoms with Crippen molar-refractivity contribution in [3.05, 3.63) is 35.9 Å². The molecule has 6 heteroatoms. The molecule has 162 valence electrons. The van der Waals surface area contributed by atoms with Gasteiger partial charge in [0.2, 0.25) is 0 Å². The van der Waals surface area contributed by atoms with Crippen molar-refractivity contribution in [2.45, 2.75) is 19.3 Å². The number of benzene rings is 1. The largest absolute Gasteiger partial charge is 0.382 e. The second kappa shape index (κ2) is 12.2. The summed E-state index contributed by atoms with van der Waals surface area (Å²) in [6, 6.07) is 10.8. The Morgan fingerprint density at radius 1 is 1.10 bits per heavy atom. The molecule has 0 saturated carbocycles. The number of nitrogens with one attached hydrogen (secondary N) is 1. The van der Waals surface area contributed by atoms with Crippen LogP contribution in [0.1, 0.15) is 18.4 Å². The third-order valence-electron chi connectivity index (χ3n) is 6.06. The third-order valence-corrected chi connectivity index (χ3v) is 6.06. The summed E-state index contributed by atoms with van der Waals surface area (Å²) in [5.41, 5.74) is 1.43. The number of guanidine groups is 1. The summed E-state index contributed by atoms with van der Waals surface area (Å²) in [6.07, 6.45) is 3.59. The maximum atomic E-state index is 5.71. The van der Waals surface area contributed by atoms with Crippen LogP contribution in [-0.2, 0) is 15.9 Å². The maximum absolute atomic E-state index is 5.71. The Hall–Kier alpha value is -1.63. The van der Waals surface area contributed by atoms with Crippen LogP contribution in [-0.4, -0.2) is 89.0 Å². The van der Waals surface area contributed by atoms with Crippen LogP contribution in [0.25, 0.3) is 0 Å². The molecule has 2 aliphatic rings. The van der Waals surface area contributed by atoms with E-state index in [0.717, 1.165) is 45.2 Å². The van der Waals surface area contributed by atoms with Gasteiger partial charge in [-0.2, -0.15) is 0 Å². The van der Waals surface area contributed by atoms with Crippen LogP contribution < -0.4 is 5.32 Å². The summed E-state index contributed by atoms with van der Waals surface area (Å²) < 4.78 is 10.8. The Morgan fingerprint density at radius 2 is 1.93 bits per heavy atom. The number of aliphatic imine (C=N–C) groups is 1. The molecule has 2 saturated heterocycles. The van der Waals surface area contributed by atoms with Crippen LogP contribution in [0.2, 0.25) is 0 Å². The molecule has 1 N–H and O–H groups in total. The second-order valence-corrected chi connectivity index (χ2v) is 8.29. The monoisotopic (exact) mass is 402 g/mol. The zero-order valence-corrected chi connectivity index (χ0v) is 18.2. The molecule has 0 bridgehead atoms. The number of methoxy groups -OCH3 is 1. The standard InChI is InChI=1S/C23H38N4O2/c1-24-23(27-13-10-22(18-27)19-29-15-14-28-2)25-16-21-9-12-26(17-21)11-8-20-6-4-3-5-7-20/h3-7,21-22H,8-19H2,1-2H3,(H,24,25). The van der Waals surface area contributed by atoms with E-state index in [1.165, 1.54) is 31.5 Å². The SMILES string of the molecule is CN=C(NCC1CCN(CCc2ccccc2)C1)N1CCC(COCCOC)C1. The molecule has 2 fully saturated rings. The smallest absolute Gasteiger partial charge is 0.193 e. The molecule has 2 heterocycles.